The van der Waals surface area contributed by atoms with Crippen LogP contribution < -0.4 is 5.32 Å². The third-order valence-electron chi connectivity index (χ3n) is 6.36. The van der Waals surface area contributed by atoms with Crippen LogP contribution in [0.15, 0.2) is 21.9 Å². The average Bonchev–Trinajstić information content (AvgIpc) is 3.48. The smallest absolute Gasteiger partial charge is 0.323 e. The third-order valence-corrected chi connectivity index (χ3v) is 7.54. The number of carbonyl (C=O) groups is 1. The molecule has 0 saturated carbocycles. The Morgan fingerprint density at radius 2 is 2.14 bits per heavy atom. The largest absolute Gasteiger partial charge is 0.482 e. The highest BCUT2D eigenvalue weighted by Crippen LogP contribution is 2.39. The van der Waals surface area contributed by atoms with Crippen molar-refractivity contribution in [1.82, 2.24) is 15.1 Å². The lowest BCUT2D eigenvalue weighted by Gasteiger charge is -2.35. The molecule has 2 amide bonds. The van der Waals surface area contributed by atoms with Gasteiger partial charge in [-0.05, 0) is 12.8 Å². The molecule has 0 aliphatic carbocycles. The Morgan fingerprint density at radius 1 is 1.28 bits per heavy atom. The van der Waals surface area contributed by atoms with Crippen molar-refractivity contribution in [3.8, 4) is 0 Å². The number of amidine groups is 1. The maximum absolute atomic E-state index is 12.9. The zero-order chi connectivity index (χ0) is 19.8. The molecule has 5 aliphatic rings. The molecule has 3 atom stereocenters. The first kappa shape index (κ1) is 19.2. The fraction of sp³-hybridized carbons (Fsp3) is 0.737. The van der Waals surface area contributed by atoms with E-state index in [0.717, 1.165) is 57.9 Å². The van der Waals surface area contributed by atoms with Crippen molar-refractivity contribution in [3.05, 3.63) is 11.9 Å². The number of thioether (sulfide) groups is 1. The second kappa shape index (κ2) is 7.81. The predicted octanol–water partition coefficient (Wildman–Crippen LogP) is 0.881. The first-order valence-electron chi connectivity index (χ1n) is 10.2. The molecule has 10 heteroatoms. The molecule has 5 rings (SSSR count). The highest BCUT2D eigenvalue weighted by molar-refractivity contribution is 8.14. The van der Waals surface area contributed by atoms with Gasteiger partial charge in [-0.3, -0.25) is 5.32 Å². The second-order valence-corrected chi connectivity index (χ2v) is 9.28. The van der Waals surface area contributed by atoms with Gasteiger partial charge < -0.3 is 24.0 Å². The van der Waals surface area contributed by atoms with E-state index in [-0.39, 0.29) is 22.7 Å². The van der Waals surface area contributed by atoms with E-state index >= 15 is 0 Å². The number of urea groups is 1. The Bertz CT molecular complexity index is 758. The number of hydrogen-bond acceptors (Lipinski definition) is 8. The summed E-state index contributed by atoms with van der Waals surface area (Å²) < 4.78 is 16.5. The van der Waals surface area contributed by atoms with Crippen molar-refractivity contribution in [2.45, 2.75) is 24.1 Å². The van der Waals surface area contributed by atoms with Crippen LogP contribution >= 0.6 is 11.8 Å². The number of hydrogen-bond donors (Lipinski definition) is 1. The Kier molecular flexibility index (Phi) is 5.17. The number of aliphatic imine (C=N–C) groups is 2. The van der Waals surface area contributed by atoms with E-state index in [2.05, 4.69) is 15.2 Å². The van der Waals surface area contributed by atoms with Crippen molar-refractivity contribution >= 4 is 28.9 Å². The van der Waals surface area contributed by atoms with Crippen LogP contribution in [0.3, 0.4) is 0 Å². The number of rotatable bonds is 1. The van der Waals surface area contributed by atoms with E-state index in [1.807, 2.05) is 11.1 Å². The monoisotopic (exact) mass is 421 g/mol. The fourth-order valence-electron chi connectivity index (χ4n) is 4.66. The summed E-state index contributed by atoms with van der Waals surface area (Å²) in [6.45, 7) is 6.20. The van der Waals surface area contributed by atoms with Gasteiger partial charge in [0.25, 0.3) is 0 Å². The molecule has 0 bridgehead atoms. The quantitative estimate of drug-likeness (QED) is 0.676. The lowest BCUT2D eigenvalue weighted by atomic mass is 9.87. The van der Waals surface area contributed by atoms with E-state index in [9.17, 15) is 4.79 Å². The normalized spacial score (nSPS) is 34.0. The molecule has 5 heterocycles. The van der Waals surface area contributed by atoms with E-state index in [1.165, 1.54) is 0 Å². The number of methoxy groups -OCH3 is 1. The zero-order valence-electron chi connectivity index (χ0n) is 16.6. The summed E-state index contributed by atoms with van der Waals surface area (Å²) in [7, 11) is 1.62. The van der Waals surface area contributed by atoms with Gasteiger partial charge in [-0.15, -0.1) is 0 Å². The van der Waals surface area contributed by atoms with Crippen LogP contribution in [0.1, 0.15) is 12.8 Å². The third kappa shape index (κ3) is 3.62. The number of likely N-dealkylation sites (tertiary alicyclic amines) is 1. The zero-order valence-corrected chi connectivity index (χ0v) is 17.4. The molecule has 3 fully saturated rings. The number of nitrogens with one attached hydrogen (secondary N) is 1. The molecule has 3 saturated heterocycles. The molecule has 29 heavy (non-hydrogen) atoms. The summed E-state index contributed by atoms with van der Waals surface area (Å²) in [5.41, 5.74) is 1.28. The maximum Gasteiger partial charge on any atom is 0.323 e. The number of ether oxygens (including phenoxy) is 3. The minimum atomic E-state index is -0.212. The molecule has 0 aromatic heterocycles. The van der Waals surface area contributed by atoms with Crippen LogP contribution in [0.25, 0.3) is 0 Å². The molecule has 0 radical (unpaired) electrons. The van der Waals surface area contributed by atoms with Gasteiger partial charge in [0.2, 0.25) is 5.90 Å². The van der Waals surface area contributed by atoms with Crippen LogP contribution in [0.5, 0.6) is 0 Å². The van der Waals surface area contributed by atoms with E-state index in [4.69, 9.17) is 19.2 Å². The number of fused-ring (bicyclic) bond motifs is 1. The molecule has 9 nitrogen and oxygen atoms in total. The van der Waals surface area contributed by atoms with Gasteiger partial charge in [0.05, 0.1) is 38.4 Å². The number of morpholine rings is 1. The molecule has 1 N–H and O–H groups in total. The molecule has 158 valence electrons. The summed E-state index contributed by atoms with van der Waals surface area (Å²) >= 11 is 1.58. The summed E-state index contributed by atoms with van der Waals surface area (Å²) in [6, 6.07) is -0.289. The molecule has 5 aliphatic heterocycles. The van der Waals surface area contributed by atoms with Crippen LogP contribution in [-0.4, -0.2) is 97.9 Å². The minimum Gasteiger partial charge on any atom is -0.482 e. The van der Waals surface area contributed by atoms with Crippen molar-refractivity contribution in [2.24, 2.45) is 15.4 Å². The lowest BCUT2D eigenvalue weighted by Crippen LogP contribution is -2.44. The van der Waals surface area contributed by atoms with Gasteiger partial charge in [0.1, 0.15) is 6.04 Å². The van der Waals surface area contributed by atoms with Crippen LogP contribution in [0.2, 0.25) is 0 Å². The van der Waals surface area contributed by atoms with E-state index in [1.54, 1.807) is 18.9 Å². The van der Waals surface area contributed by atoms with Gasteiger partial charge in [-0.25, -0.2) is 14.8 Å². The van der Waals surface area contributed by atoms with Crippen molar-refractivity contribution in [3.63, 3.8) is 0 Å². The predicted molar refractivity (Wildman–Crippen MR) is 110 cm³/mol. The van der Waals surface area contributed by atoms with Crippen molar-refractivity contribution in [1.29, 1.82) is 0 Å². The fourth-order valence-corrected chi connectivity index (χ4v) is 5.86. The number of nitrogens with zero attached hydrogens (tertiary/aromatic N) is 4. The maximum atomic E-state index is 12.9. The number of carbonyl (C=O) groups excluding carboxylic acids is 1. The topological polar surface area (TPSA) is 88.0 Å². The molecular weight excluding hydrogens is 394 g/mol. The minimum absolute atomic E-state index is 0.0593. The SMILES string of the molecule is COC1=NC=C(N2CCOCC2)C2SC(NC(=O)N3CC[C@@]4(CCOC4)C3)=NC12. The van der Waals surface area contributed by atoms with Gasteiger partial charge >= 0.3 is 6.03 Å². The van der Waals surface area contributed by atoms with Crippen LogP contribution in [0, 0.1) is 5.41 Å². The van der Waals surface area contributed by atoms with Crippen molar-refractivity contribution in [2.75, 3.05) is 59.7 Å². The highest BCUT2D eigenvalue weighted by Gasteiger charge is 2.45. The summed E-state index contributed by atoms with van der Waals surface area (Å²) in [6.07, 6.45) is 3.93. The Hall–Kier alpha value is -1.78. The second-order valence-electron chi connectivity index (χ2n) is 8.15. The number of amides is 2. The van der Waals surface area contributed by atoms with Crippen molar-refractivity contribution < 1.29 is 19.0 Å². The van der Waals surface area contributed by atoms with Crippen LogP contribution in [0.4, 0.5) is 4.79 Å². The molecule has 0 aromatic rings. The summed E-state index contributed by atoms with van der Waals surface area (Å²) in [5, 5.41) is 3.73. The molecule has 1 spiro atoms. The first-order valence-corrected chi connectivity index (χ1v) is 11.1. The van der Waals surface area contributed by atoms with Gasteiger partial charge in [-0.1, -0.05) is 11.8 Å². The van der Waals surface area contributed by atoms with Crippen LogP contribution in [-0.2, 0) is 14.2 Å². The summed E-state index contributed by atoms with van der Waals surface area (Å²) in [5.74, 6) is 0.590. The Labute approximate surface area is 174 Å². The molecule has 2 unspecified atom stereocenters. The van der Waals surface area contributed by atoms with Gasteiger partial charge in [0.15, 0.2) is 5.17 Å². The van der Waals surface area contributed by atoms with Gasteiger partial charge in [0, 0.05) is 43.9 Å². The Balaban J connectivity index is 1.26. The van der Waals surface area contributed by atoms with Gasteiger partial charge in [-0.2, -0.15) is 0 Å². The Morgan fingerprint density at radius 3 is 2.90 bits per heavy atom. The highest BCUT2D eigenvalue weighted by atomic mass is 32.2. The molecule has 0 aromatic carbocycles. The molecular formula is C19H27N5O4S. The average molecular weight is 422 g/mol. The van der Waals surface area contributed by atoms with E-state index in [0.29, 0.717) is 24.3 Å². The lowest BCUT2D eigenvalue weighted by molar-refractivity contribution is 0.0520. The van der Waals surface area contributed by atoms with E-state index < -0.39 is 0 Å². The first-order chi connectivity index (χ1) is 14.2. The summed E-state index contributed by atoms with van der Waals surface area (Å²) in [4.78, 5) is 26.3. The standard InChI is InChI=1S/C19H27N5O4S/c1-26-16-14-15(13(10-20-16)23-5-8-27-9-6-23)29-17(21-14)22-18(25)24-4-2-19(11-24)3-7-28-12-19/h10,14-15H,2-9,11-12H2,1H3,(H,21,22,25)/t14?,15?,19-/m1/s1.